The fraction of sp³-hybridized carbons (Fsp3) is 0.318. The van der Waals surface area contributed by atoms with Crippen molar-refractivity contribution in [1.29, 1.82) is 0 Å². The van der Waals surface area contributed by atoms with Crippen LogP contribution in [0.3, 0.4) is 0 Å². The first-order valence-corrected chi connectivity index (χ1v) is 11.5. The van der Waals surface area contributed by atoms with Crippen LogP contribution in [-0.2, 0) is 14.8 Å². The fourth-order valence-corrected chi connectivity index (χ4v) is 4.37. The van der Waals surface area contributed by atoms with Crippen LogP contribution in [0.25, 0.3) is 0 Å². The van der Waals surface area contributed by atoms with Gasteiger partial charge in [0.25, 0.3) is 11.8 Å². The van der Waals surface area contributed by atoms with E-state index in [9.17, 15) is 22.8 Å². The topological polar surface area (TPSA) is 113 Å². The summed E-state index contributed by atoms with van der Waals surface area (Å²) in [5.74, 6) is -0.893. The predicted molar refractivity (Wildman–Crippen MR) is 118 cm³/mol. The maximum atomic E-state index is 12.6. The second kappa shape index (κ2) is 9.49. The van der Waals surface area contributed by atoms with Gasteiger partial charge in [0.2, 0.25) is 15.9 Å². The second-order valence-corrected chi connectivity index (χ2v) is 9.46. The van der Waals surface area contributed by atoms with Crippen LogP contribution in [0.15, 0.2) is 47.4 Å². The maximum absolute atomic E-state index is 12.6. The lowest BCUT2D eigenvalue weighted by molar-refractivity contribution is -0.116. The average molecular weight is 460 g/mol. The molecule has 10 heteroatoms. The predicted octanol–water partition coefficient (Wildman–Crippen LogP) is 2.35. The van der Waals surface area contributed by atoms with Crippen molar-refractivity contribution < 1.29 is 27.5 Å². The molecule has 2 aromatic rings. The molecule has 1 aliphatic rings. The third-order valence-corrected chi connectivity index (χ3v) is 6.79. The standard InChI is InChI=1S/C22H25N3O6S/c1-4-31-18-12-11-15(14-19(18)32(29,30)24(2)3)23-20(26)10-7-13-25-21(27)16-8-5-6-9-17(16)22(25)28/h5-6,8-9,11-12,14H,4,7,10,13H2,1-3H3,(H,23,26). The number of hydrogen-bond donors (Lipinski definition) is 1. The van der Waals surface area contributed by atoms with Crippen molar-refractivity contribution in [2.24, 2.45) is 0 Å². The van der Waals surface area contributed by atoms with E-state index in [1.165, 1.54) is 26.2 Å². The average Bonchev–Trinajstić information content (AvgIpc) is 3.00. The molecule has 32 heavy (non-hydrogen) atoms. The van der Waals surface area contributed by atoms with Gasteiger partial charge in [-0.2, -0.15) is 0 Å². The lowest BCUT2D eigenvalue weighted by atomic mass is 10.1. The van der Waals surface area contributed by atoms with Gasteiger partial charge in [-0.15, -0.1) is 0 Å². The van der Waals surface area contributed by atoms with Crippen LogP contribution in [0, 0.1) is 0 Å². The summed E-state index contributed by atoms with van der Waals surface area (Å²) in [6.45, 7) is 2.15. The smallest absolute Gasteiger partial charge is 0.261 e. The van der Waals surface area contributed by atoms with Crippen molar-refractivity contribution in [3.05, 3.63) is 53.6 Å². The first-order valence-electron chi connectivity index (χ1n) is 10.1. The first kappa shape index (κ1) is 23.4. The number of benzene rings is 2. The summed E-state index contributed by atoms with van der Waals surface area (Å²) in [7, 11) is -0.955. The number of fused-ring (bicyclic) bond motifs is 1. The molecule has 1 aliphatic heterocycles. The molecule has 0 spiro atoms. The molecule has 0 aliphatic carbocycles. The monoisotopic (exact) mass is 459 g/mol. The molecular formula is C22H25N3O6S. The Hall–Kier alpha value is -3.24. The van der Waals surface area contributed by atoms with Crippen LogP contribution in [-0.4, -0.2) is 62.6 Å². The van der Waals surface area contributed by atoms with E-state index in [-0.39, 0.29) is 47.8 Å². The first-order chi connectivity index (χ1) is 15.2. The SMILES string of the molecule is CCOc1ccc(NC(=O)CCCN2C(=O)c3ccccc3C2=O)cc1S(=O)(=O)N(C)C. The number of hydrogen-bond acceptors (Lipinski definition) is 6. The van der Waals surface area contributed by atoms with Gasteiger partial charge in [0.05, 0.1) is 17.7 Å². The van der Waals surface area contributed by atoms with Crippen LogP contribution >= 0.6 is 0 Å². The Labute approximate surface area is 187 Å². The number of sulfonamides is 1. The van der Waals surface area contributed by atoms with E-state index in [0.29, 0.717) is 23.4 Å². The van der Waals surface area contributed by atoms with E-state index in [1.54, 1.807) is 37.3 Å². The molecule has 0 atom stereocenters. The minimum Gasteiger partial charge on any atom is -0.492 e. The maximum Gasteiger partial charge on any atom is 0.261 e. The number of ether oxygens (including phenoxy) is 1. The van der Waals surface area contributed by atoms with Crippen molar-refractivity contribution in [3.8, 4) is 5.75 Å². The van der Waals surface area contributed by atoms with Gasteiger partial charge in [-0.1, -0.05) is 12.1 Å². The van der Waals surface area contributed by atoms with Gasteiger partial charge in [-0.3, -0.25) is 19.3 Å². The molecule has 3 rings (SSSR count). The summed E-state index contributed by atoms with van der Waals surface area (Å²) < 4.78 is 31.7. The third kappa shape index (κ3) is 4.66. The minimum atomic E-state index is -3.78. The zero-order valence-corrected chi connectivity index (χ0v) is 18.9. The molecule has 2 aromatic carbocycles. The summed E-state index contributed by atoms with van der Waals surface area (Å²) >= 11 is 0. The Kier molecular flexibility index (Phi) is 6.95. The van der Waals surface area contributed by atoms with Crippen molar-refractivity contribution >= 4 is 33.4 Å². The number of imide groups is 1. The fourth-order valence-electron chi connectivity index (χ4n) is 3.32. The molecule has 3 amide bonds. The molecule has 170 valence electrons. The molecule has 0 fully saturated rings. The summed E-state index contributed by atoms with van der Waals surface area (Å²) in [5.41, 5.74) is 1.04. The second-order valence-electron chi connectivity index (χ2n) is 7.34. The van der Waals surface area contributed by atoms with Crippen molar-refractivity contribution in [1.82, 2.24) is 9.21 Å². The lowest BCUT2D eigenvalue weighted by Crippen LogP contribution is -2.31. The summed E-state index contributed by atoms with van der Waals surface area (Å²) in [6.07, 6.45) is 0.327. The number of nitrogens with zero attached hydrogens (tertiary/aromatic N) is 2. The lowest BCUT2D eigenvalue weighted by Gasteiger charge is -2.17. The van der Waals surface area contributed by atoms with E-state index in [4.69, 9.17) is 4.74 Å². The molecule has 1 N–H and O–H groups in total. The zero-order valence-electron chi connectivity index (χ0n) is 18.1. The number of carbonyl (C=O) groups is 3. The van der Waals surface area contributed by atoms with Crippen LogP contribution in [0.4, 0.5) is 5.69 Å². The highest BCUT2D eigenvalue weighted by atomic mass is 32.2. The molecule has 0 bridgehead atoms. The summed E-state index contributed by atoms with van der Waals surface area (Å²) in [5, 5.41) is 2.66. The molecule has 0 aromatic heterocycles. The summed E-state index contributed by atoms with van der Waals surface area (Å²) in [4.78, 5) is 38.2. The minimum absolute atomic E-state index is 0.0480. The number of anilines is 1. The van der Waals surface area contributed by atoms with Gasteiger partial charge >= 0.3 is 0 Å². The molecule has 0 unspecified atom stereocenters. The van der Waals surface area contributed by atoms with Crippen LogP contribution < -0.4 is 10.1 Å². The number of rotatable bonds is 9. The highest BCUT2D eigenvalue weighted by molar-refractivity contribution is 7.89. The highest BCUT2D eigenvalue weighted by Gasteiger charge is 2.34. The van der Waals surface area contributed by atoms with Gasteiger partial charge in [-0.25, -0.2) is 12.7 Å². The Bertz CT molecular complexity index is 1130. The van der Waals surface area contributed by atoms with E-state index >= 15 is 0 Å². The van der Waals surface area contributed by atoms with Crippen LogP contribution in [0.2, 0.25) is 0 Å². The van der Waals surface area contributed by atoms with Crippen molar-refractivity contribution in [2.75, 3.05) is 32.6 Å². The molecule has 0 saturated carbocycles. The van der Waals surface area contributed by atoms with Crippen molar-refractivity contribution in [2.45, 2.75) is 24.7 Å². The van der Waals surface area contributed by atoms with Crippen LogP contribution in [0.5, 0.6) is 5.75 Å². The molecule has 1 heterocycles. The van der Waals surface area contributed by atoms with E-state index in [0.717, 1.165) is 9.21 Å². The van der Waals surface area contributed by atoms with Gasteiger partial charge < -0.3 is 10.1 Å². The number of nitrogens with one attached hydrogen (secondary N) is 1. The van der Waals surface area contributed by atoms with E-state index in [1.807, 2.05) is 0 Å². The number of amides is 3. The number of carbonyl (C=O) groups excluding carboxylic acids is 3. The zero-order chi connectivity index (χ0) is 23.5. The highest BCUT2D eigenvalue weighted by Crippen LogP contribution is 2.29. The normalized spacial score (nSPS) is 13.4. The Morgan fingerprint density at radius 1 is 1.06 bits per heavy atom. The van der Waals surface area contributed by atoms with Gasteiger partial charge in [0.15, 0.2) is 0 Å². The van der Waals surface area contributed by atoms with E-state index < -0.39 is 10.0 Å². The molecular weight excluding hydrogens is 434 g/mol. The molecule has 0 radical (unpaired) electrons. The Balaban J connectivity index is 1.63. The van der Waals surface area contributed by atoms with Gasteiger partial charge in [-0.05, 0) is 43.7 Å². The Morgan fingerprint density at radius 2 is 1.69 bits per heavy atom. The third-order valence-electron chi connectivity index (χ3n) is 4.95. The molecule has 9 nitrogen and oxygen atoms in total. The van der Waals surface area contributed by atoms with Crippen molar-refractivity contribution in [3.63, 3.8) is 0 Å². The molecule has 0 saturated heterocycles. The van der Waals surface area contributed by atoms with E-state index in [2.05, 4.69) is 5.32 Å². The quantitative estimate of drug-likeness (QED) is 0.576. The van der Waals surface area contributed by atoms with Crippen LogP contribution in [0.1, 0.15) is 40.5 Å². The van der Waals surface area contributed by atoms with Gasteiger partial charge in [0.1, 0.15) is 10.6 Å². The summed E-state index contributed by atoms with van der Waals surface area (Å²) in [6, 6.07) is 11.0. The van der Waals surface area contributed by atoms with Gasteiger partial charge in [0, 0.05) is 32.7 Å². The Morgan fingerprint density at radius 3 is 2.25 bits per heavy atom. The largest absolute Gasteiger partial charge is 0.492 e.